The van der Waals surface area contributed by atoms with Crippen LogP contribution in [0.1, 0.15) is 20.8 Å². The number of hydrogen-bond acceptors (Lipinski definition) is 4. The molecule has 1 aromatic carbocycles. The molecule has 0 saturated carbocycles. The smallest absolute Gasteiger partial charge is 0.231 e. The summed E-state index contributed by atoms with van der Waals surface area (Å²) in [5, 5.41) is 2.84. The lowest BCUT2D eigenvalue weighted by Crippen LogP contribution is -2.42. The summed E-state index contributed by atoms with van der Waals surface area (Å²) >= 11 is 5.77. The number of carbonyl (C=O) groups is 1. The van der Waals surface area contributed by atoms with Gasteiger partial charge in [0.15, 0.2) is 11.5 Å². The first-order valence-corrected chi connectivity index (χ1v) is 7.36. The van der Waals surface area contributed by atoms with Gasteiger partial charge in [0.25, 0.3) is 0 Å². The molecule has 5 nitrogen and oxygen atoms in total. The fourth-order valence-corrected chi connectivity index (χ4v) is 1.88. The van der Waals surface area contributed by atoms with Gasteiger partial charge in [-0.25, -0.2) is 0 Å². The van der Waals surface area contributed by atoms with E-state index in [1.807, 2.05) is 13.0 Å². The van der Waals surface area contributed by atoms with Crippen LogP contribution in [0, 0.1) is 5.41 Å². The van der Waals surface area contributed by atoms with Crippen molar-refractivity contribution in [3.63, 3.8) is 0 Å². The number of rotatable bonds is 6. The Kier molecular flexibility index (Phi) is 4.83. The van der Waals surface area contributed by atoms with E-state index in [2.05, 4.69) is 5.32 Å². The van der Waals surface area contributed by atoms with Crippen molar-refractivity contribution in [2.24, 2.45) is 5.41 Å². The first-order valence-electron chi connectivity index (χ1n) is 6.83. The molecule has 1 N–H and O–H groups in total. The maximum Gasteiger partial charge on any atom is 0.231 e. The maximum absolute atomic E-state index is 11.9. The van der Waals surface area contributed by atoms with Crippen molar-refractivity contribution in [1.29, 1.82) is 0 Å². The number of fused-ring (bicyclic) bond motifs is 1. The van der Waals surface area contributed by atoms with Crippen LogP contribution < -0.4 is 19.5 Å². The second-order valence-corrected chi connectivity index (χ2v) is 5.94. The molecule has 1 atom stereocenters. The Labute approximate surface area is 129 Å². The van der Waals surface area contributed by atoms with Crippen molar-refractivity contribution in [1.82, 2.24) is 5.32 Å². The summed E-state index contributed by atoms with van der Waals surface area (Å²) in [6, 6.07) is 5.40. The molecule has 21 heavy (non-hydrogen) atoms. The van der Waals surface area contributed by atoms with Crippen LogP contribution in [0.4, 0.5) is 0 Å². The molecule has 1 aliphatic rings. The summed E-state index contributed by atoms with van der Waals surface area (Å²) in [4.78, 5) is 11.9. The molecule has 1 amide bonds. The van der Waals surface area contributed by atoms with E-state index in [-0.39, 0.29) is 24.7 Å². The number of benzene rings is 1. The topological polar surface area (TPSA) is 56.8 Å². The largest absolute Gasteiger partial charge is 0.489 e. The standard InChI is InChI=1S/C15H20ClNO4/c1-10(7-17-14(18)15(2,3)8-16)21-11-4-5-12-13(6-11)20-9-19-12/h4-6,10H,7-9H2,1-3H3,(H,17,18). The van der Waals surface area contributed by atoms with Crippen LogP contribution in [-0.4, -0.2) is 31.2 Å². The number of nitrogens with one attached hydrogen (secondary N) is 1. The molecule has 1 unspecified atom stereocenters. The Balaban J connectivity index is 1.85. The predicted octanol–water partition coefficient (Wildman–Crippen LogP) is 2.56. The molecule has 1 heterocycles. The summed E-state index contributed by atoms with van der Waals surface area (Å²) in [6.45, 7) is 6.14. The molecular weight excluding hydrogens is 294 g/mol. The minimum absolute atomic E-state index is 0.0846. The lowest BCUT2D eigenvalue weighted by atomic mass is 9.95. The number of carbonyl (C=O) groups excluding carboxylic acids is 1. The zero-order valence-electron chi connectivity index (χ0n) is 12.4. The summed E-state index contributed by atoms with van der Waals surface area (Å²) in [5.74, 6) is 2.26. The molecule has 0 aromatic heterocycles. The van der Waals surface area contributed by atoms with Crippen molar-refractivity contribution < 1.29 is 19.0 Å². The molecule has 6 heteroatoms. The highest BCUT2D eigenvalue weighted by Crippen LogP contribution is 2.35. The summed E-state index contributed by atoms with van der Waals surface area (Å²) < 4.78 is 16.3. The zero-order chi connectivity index (χ0) is 15.5. The molecule has 0 saturated heterocycles. The minimum Gasteiger partial charge on any atom is -0.489 e. The van der Waals surface area contributed by atoms with Gasteiger partial charge in [-0.1, -0.05) is 0 Å². The van der Waals surface area contributed by atoms with Crippen LogP contribution >= 0.6 is 11.6 Å². The maximum atomic E-state index is 11.9. The van der Waals surface area contributed by atoms with E-state index < -0.39 is 5.41 Å². The Bertz CT molecular complexity index is 518. The highest BCUT2D eigenvalue weighted by atomic mass is 35.5. The van der Waals surface area contributed by atoms with Gasteiger partial charge >= 0.3 is 0 Å². The van der Waals surface area contributed by atoms with Gasteiger partial charge in [-0.3, -0.25) is 4.79 Å². The van der Waals surface area contributed by atoms with E-state index in [9.17, 15) is 4.79 Å². The summed E-state index contributed by atoms with van der Waals surface area (Å²) in [6.07, 6.45) is -0.166. The molecule has 2 rings (SSSR count). The van der Waals surface area contributed by atoms with E-state index in [0.29, 0.717) is 23.8 Å². The highest BCUT2D eigenvalue weighted by Gasteiger charge is 2.26. The van der Waals surface area contributed by atoms with Crippen molar-refractivity contribution >= 4 is 17.5 Å². The second kappa shape index (κ2) is 6.43. The fraction of sp³-hybridized carbons (Fsp3) is 0.533. The third kappa shape index (κ3) is 3.94. The predicted molar refractivity (Wildman–Crippen MR) is 80.2 cm³/mol. The van der Waals surface area contributed by atoms with Gasteiger partial charge in [-0.2, -0.15) is 0 Å². The highest BCUT2D eigenvalue weighted by molar-refractivity contribution is 6.19. The Morgan fingerprint density at radius 1 is 1.43 bits per heavy atom. The molecule has 116 valence electrons. The van der Waals surface area contributed by atoms with Crippen LogP contribution in [-0.2, 0) is 4.79 Å². The zero-order valence-corrected chi connectivity index (χ0v) is 13.2. The molecule has 0 fully saturated rings. The molecule has 0 bridgehead atoms. The monoisotopic (exact) mass is 313 g/mol. The fourth-order valence-electron chi connectivity index (χ4n) is 1.76. The van der Waals surface area contributed by atoms with Crippen LogP contribution in [0.2, 0.25) is 0 Å². The molecule has 0 spiro atoms. The van der Waals surface area contributed by atoms with Gasteiger partial charge in [-0.15, -0.1) is 11.6 Å². The lowest BCUT2D eigenvalue weighted by molar-refractivity contribution is -0.128. The van der Waals surface area contributed by atoms with Gasteiger partial charge in [0.1, 0.15) is 11.9 Å². The van der Waals surface area contributed by atoms with E-state index in [1.165, 1.54) is 0 Å². The van der Waals surface area contributed by atoms with E-state index in [0.717, 1.165) is 0 Å². The number of halogens is 1. The average Bonchev–Trinajstić information content (AvgIpc) is 2.92. The Morgan fingerprint density at radius 2 is 2.14 bits per heavy atom. The molecule has 1 aromatic rings. The average molecular weight is 314 g/mol. The van der Waals surface area contributed by atoms with E-state index in [4.69, 9.17) is 25.8 Å². The van der Waals surface area contributed by atoms with Crippen LogP contribution in [0.3, 0.4) is 0 Å². The quantitative estimate of drug-likeness (QED) is 0.820. The molecule has 0 aliphatic carbocycles. The van der Waals surface area contributed by atoms with Crippen molar-refractivity contribution in [3.05, 3.63) is 18.2 Å². The van der Waals surface area contributed by atoms with Crippen LogP contribution in [0.25, 0.3) is 0 Å². The summed E-state index contributed by atoms with van der Waals surface area (Å²) in [7, 11) is 0. The normalized spacial score (nSPS) is 14.7. The first-order chi connectivity index (χ1) is 9.92. The van der Waals surface area contributed by atoms with Crippen molar-refractivity contribution in [3.8, 4) is 17.2 Å². The first kappa shape index (κ1) is 15.8. The number of hydrogen-bond donors (Lipinski definition) is 1. The third-order valence-electron chi connectivity index (χ3n) is 3.18. The molecule has 0 radical (unpaired) electrons. The van der Waals surface area contributed by atoms with E-state index in [1.54, 1.807) is 26.0 Å². The molecular formula is C15H20ClNO4. The van der Waals surface area contributed by atoms with Crippen molar-refractivity contribution in [2.45, 2.75) is 26.9 Å². The van der Waals surface area contributed by atoms with Gasteiger partial charge < -0.3 is 19.5 Å². The second-order valence-electron chi connectivity index (χ2n) is 5.67. The molecule has 1 aliphatic heterocycles. The van der Waals surface area contributed by atoms with Gasteiger partial charge in [0, 0.05) is 11.9 Å². The van der Waals surface area contributed by atoms with Crippen LogP contribution in [0.15, 0.2) is 18.2 Å². The van der Waals surface area contributed by atoms with E-state index >= 15 is 0 Å². The number of alkyl halides is 1. The van der Waals surface area contributed by atoms with Gasteiger partial charge in [0.2, 0.25) is 12.7 Å². The summed E-state index contributed by atoms with van der Waals surface area (Å²) in [5.41, 5.74) is -0.583. The number of amides is 1. The Morgan fingerprint density at radius 3 is 2.86 bits per heavy atom. The third-order valence-corrected chi connectivity index (χ3v) is 3.85. The van der Waals surface area contributed by atoms with Crippen LogP contribution in [0.5, 0.6) is 17.2 Å². The SMILES string of the molecule is CC(CNC(=O)C(C)(C)CCl)Oc1ccc2c(c1)OCO2. The number of ether oxygens (including phenoxy) is 3. The Hall–Kier alpha value is -1.62. The van der Waals surface area contributed by atoms with Crippen molar-refractivity contribution in [2.75, 3.05) is 19.2 Å². The minimum atomic E-state index is -0.583. The van der Waals surface area contributed by atoms with Gasteiger partial charge in [-0.05, 0) is 32.9 Å². The van der Waals surface area contributed by atoms with Gasteiger partial charge in [0.05, 0.1) is 12.0 Å². The lowest BCUT2D eigenvalue weighted by Gasteiger charge is -2.22.